The Hall–Kier alpha value is -2.35. The number of anilines is 1. The lowest BCUT2D eigenvalue weighted by Gasteiger charge is -2.35. The monoisotopic (exact) mass is 389 g/mol. The van der Waals surface area contributed by atoms with Gasteiger partial charge in [0, 0.05) is 64.5 Å². The van der Waals surface area contributed by atoms with Crippen LogP contribution in [-0.2, 0) is 9.53 Å². The van der Waals surface area contributed by atoms with Gasteiger partial charge in [-0.3, -0.25) is 9.69 Å². The van der Waals surface area contributed by atoms with Crippen LogP contribution in [0.4, 0.5) is 10.6 Å². The maximum Gasteiger partial charge on any atom is 0.409 e. The molecule has 0 saturated carbocycles. The van der Waals surface area contributed by atoms with Crippen LogP contribution in [0.25, 0.3) is 0 Å². The average molecular weight is 390 g/mol. The number of hydrogen-bond acceptors (Lipinski definition) is 6. The zero-order chi connectivity index (χ0) is 19.8. The molecule has 0 unspecified atom stereocenters. The van der Waals surface area contributed by atoms with Crippen molar-refractivity contribution in [3.05, 3.63) is 24.4 Å². The summed E-state index contributed by atoms with van der Waals surface area (Å²) < 4.78 is 5.03. The predicted molar refractivity (Wildman–Crippen MR) is 107 cm³/mol. The normalized spacial score (nSPS) is 18.8. The van der Waals surface area contributed by atoms with Gasteiger partial charge < -0.3 is 19.9 Å². The van der Waals surface area contributed by atoms with Gasteiger partial charge in [-0.1, -0.05) is 6.07 Å². The van der Waals surface area contributed by atoms with Crippen LogP contribution in [0.1, 0.15) is 26.2 Å². The van der Waals surface area contributed by atoms with Gasteiger partial charge in [0.1, 0.15) is 5.82 Å². The second-order valence-electron chi connectivity index (χ2n) is 7.29. The van der Waals surface area contributed by atoms with Gasteiger partial charge in [0.05, 0.1) is 6.61 Å². The number of ether oxygens (including phenoxy) is 1. The van der Waals surface area contributed by atoms with E-state index < -0.39 is 0 Å². The van der Waals surface area contributed by atoms with Gasteiger partial charge in [0.15, 0.2) is 0 Å². The summed E-state index contributed by atoms with van der Waals surface area (Å²) in [5, 5.41) is 3.12. The molecule has 2 fully saturated rings. The average Bonchev–Trinajstić information content (AvgIpc) is 2.74. The number of carbonyl (C=O) groups excluding carboxylic acids is 2. The van der Waals surface area contributed by atoms with Gasteiger partial charge in [0.25, 0.3) is 0 Å². The van der Waals surface area contributed by atoms with Crippen molar-refractivity contribution in [1.29, 1.82) is 0 Å². The first-order valence-corrected chi connectivity index (χ1v) is 10.2. The molecular formula is C20H31N5O3. The molecule has 0 aliphatic carbocycles. The Morgan fingerprint density at radius 2 is 1.89 bits per heavy atom. The van der Waals surface area contributed by atoms with Crippen molar-refractivity contribution in [3.8, 4) is 0 Å². The highest BCUT2D eigenvalue weighted by Crippen LogP contribution is 2.14. The number of piperidine rings is 1. The van der Waals surface area contributed by atoms with E-state index in [4.69, 9.17) is 4.74 Å². The van der Waals surface area contributed by atoms with Gasteiger partial charge in [0.2, 0.25) is 5.91 Å². The zero-order valence-corrected chi connectivity index (χ0v) is 16.7. The number of rotatable bonds is 6. The first-order chi connectivity index (χ1) is 13.7. The SMILES string of the molecule is CCOC(=O)N1CCC(NC(=O)CCN2CCN(c3ccccn3)CC2)CC1. The van der Waals surface area contributed by atoms with E-state index in [1.165, 1.54) is 0 Å². The Balaban J connectivity index is 1.31. The van der Waals surface area contributed by atoms with E-state index in [9.17, 15) is 9.59 Å². The largest absolute Gasteiger partial charge is 0.450 e. The molecule has 1 aromatic rings. The van der Waals surface area contributed by atoms with Crippen LogP contribution in [0.2, 0.25) is 0 Å². The summed E-state index contributed by atoms with van der Waals surface area (Å²) >= 11 is 0. The third-order valence-electron chi connectivity index (χ3n) is 5.39. The van der Waals surface area contributed by atoms with Crippen LogP contribution < -0.4 is 10.2 Å². The van der Waals surface area contributed by atoms with Crippen molar-refractivity contribution >= 4 is 17.8 Å². The van der Waals surface area contributed by atoms with E-state index >= 15 is 0 Å². The highest BCUT2D eigenvalue weighted by Gasteiger charge is 2.25. The minimum Gasteiger partial charge on any atom is -0.450 e. The molecule has 2 aliphatic rings. The molecule has 1 N–H and O–H groups in total. The fourth-order valence-corrected chi connectivity index (χ4v) is 3.72. The van der Waals surface area contributed by atoms with E-state index in [-0.39, 0.29) is 18.0 Å². The number of pyridine rings is 1. The number of nitrogens with one attached hydrogen (secondary N) is 1. The van der Waals surface area contributed by atoms with Crippen LogP contribution in [-0.4, -0.2) is 85.2 Å². The first-order valence-electron chi connectivity index (χ1n) is 10.2. The summed E-state index contributed by atoms with van der Waals surface area (Å²) in [6.07, 6.45) is 3.66. The molecule has 0 radical (unpaired) electrons. The van der Waals surface area contributed by atoms with E-state index in [0.29, 0.717) is 26.1 Å². The molecule has 2 aliphatic heterocycles. The smallest absolute Gasteiger partial charge is 0.409 e. The van der Waals surface area contributed by atoms with E-state index in [1.54, 1.807) is 4.90 Å². The van der Waals surface area contributed by atoms with Crippen LogP contribution in [0.5, 0.6) is 0 Å². The van der Waals surface area contributed by atoms with E-state index in [2.05, 4.69) is 20.1 Å². The van der Waals surface area contributed by atoms with Crippen LogP contribution in [0.3, 0.4) is 0 Å². The minimum atomic E-state index is -0.253. The molecule has 0 bridgehead atoms. The van der Waals surface area contributed by atoms with Gasteiger partial charge in [-0.15, -0.1) is 0 Å². The Bertz CT molecular complexity index is 626. The fourth-order valence-electron chi connectivity index (χ4n) is 3.72. The van der Waals surface area contributed by atoms with E-state index in [1.807, 2.05) is 31.3 Å². The molecule has 0 atom stereocenters. The third kappa shape index (κ3) is 5.82. The lowest BCUT2D eigenvalue weighted by atomic mass is 10.1. The first kappa shape index (κ1) is 20.4. The molecule has 2 amide bonds. The maximum absolute atomic E-state index is 12.3. The van der Waals surface area contributed by atoms with Gasteiger partial charge >= 0.3 is 6.09 Å². The second kappa shape index (κ2) is 10.3. The predicted octanol–water partition coefficient (Wildman–Crippen LogP) is 1.33. The molecule has 0 spiro atoms. The Morgan fingerprint density at radius 1 is 1.14 bits per heavy atom. The number of hydrogen-bond donors (Lipinski definition) is 1. The standard InChI is InChI=1S/C20H31N5O3/c1-2-28-20(27)25-11-6-17(7-12-25)22-19(26)8-10-23-13-15-24(16-14-23)18-5-3-4-9-21-18/h3-5,9,17H,2,6-8,10-16H2,1H3,(H,22,26). The maximum atomic E-state index is 12.3. The van der Waals surface area contributed by atoms with Crippen LogP contribution in [0.15, 0.2) is 24.4 Å². The third-order valence-corrected chi connectivity index (χ3v) is 5.39. The van der Waals surface area contributed by atoms with Crippen molar-refractivity contribution in [2.45, 2.75) is 32.2 Å². The van der Waals surface area contributed by atoms with Crippen molar-refractivity contribution < 1.29 is 14.3 Å². The number of nitrogens with zero attached hydrogens (tertiary/aromatic N) is 4. The summed E-state index contributed by atoms with van der Waals surface area (Å²) in [4.78, 5) is 34.8. The number of likely N-dealkylation sites (tertiary alicyclic amines) is 1. The fraction of sp³-hybridized carbons (Fsp3) is 0.650. The summed E-state index contributed by atoms with van der Waals surface area (Å²) in [5.41, 5.74) is 0. The highest BCUT2D eigenvalue weighted by molar-refractivity contribution is 5.76. The molecule has 8 heteroatoms. The van der Waals surface area contributed by atoms with Crippen molar-refractivity contribution in [2.75, 3.05) is 57.3 Å². The molecule has 0 aromatic carbocycles. The highest BCUT2D eigenvalue weighted by atomic mass is 16.6. The van der Waals surface area contributed by atoms with Gasteiger partial charge in [-0.25, -0.2) is 9.78 Å². The molecule has 3 rings (SSSR count). The lowest BCUT2D eigenvalue weighted by molar-refractivity contribution is -0.122. The minimum absolute atomic E-state index is 0.0988. The number of amides is 2. The molecule has 2 saturated heterocycles. The zero-order valence-electron chi connectivity index (χ0n) is 16.7. The van der Waals surface area contributed by atoms with Crippen molar-refractivity contribution in [3.63, 3.8) is 0 Å². The molecule has 8 nitrogen and oxygen atoms in total. The summed E-state index contributed by atoms with van der Waals surface area (Å²) in [6.45, 7) is 8.02. The quantitative estimate of drug-likeness (QED) is 0.791. The topological polar surface area (TPSA) is 78.0 Å². The van der Waals surface area contributed by atoms with Gasteiger partial charge in [-0.2, -0.15) is 0 Å². The van der Waals surface area contributed by atoms with Gasteiger partial charge in [-0.05, 0) is 31.9 Å². The molecular weight excluding hydrogens is 358 g/mol. The molecule has 154 valence electrons. The molecule has 28 heavy (non-hydrogen) atoms. The Morgan fingerprint density at radius 3 is 2.54 bits per heavy atom. The number of piperazine rings is 1. The lowest BCUT2D eigenvalue weighted by Crippen LogP contribution is -2.49. The Labute approximate surface area is 166 Å². The Kier molecular flexibility index (Phi) is 7.47. The summed E-state index contributed by atoms with van der Waals surface area (Å²) in [7, 11) is 0. The summed E-state index contributed by atoms with van der Waals surface area (Å²) in [6, 6.07) is 6.13. The van der Waals surface area contributed by atoms with Crippen molar-refractivity contribution in [2.24, 2.45) is 0 Å². The second-order valence-corrected chi connectivity index (χ2v) is 7.29. The van der Waals surface area contributed by atoms with E-state index in [0.717, 1.165) is 51.4 Å². The summed E-state index contributed by atoms with van der Waals surface area (Å²) in [5.74, 6) is 1.12. The number of carbonyl (C=O) groups is 2. The van der Waals surface area contributed by atoms with Crippen LogP contribution in [0, 0.1) is 0 Å². The van der Waals surface area contributed by atoms with Crippen LogP contribution >= 0.6 is 0 Å². The van der Waals surface area contributed by atoms with Crippen molar-refractivity contribution in [1.82, 2.24) is 20.1 Å². The molecule has 3 heterocycles. The molecule has 1 aromatic heterocycles. The number of aromatic nitrogens is 1.